The van der Waals surface area contributed by atoms with Crippen molar-refractivity contribution in [1.29, 1.82) is 0 Å². The number of aromatic nitrogens is 1. The number of halogens is 2. The number of rotatable bonds is 3. The van der Waals surface area contributed by atoms with E-state index in [9.17, 15) is 9.18 Å². The number of anilines is 1. The highest BCUT2D eigenvalue weighted by molar-refractivity contribution is 6.33. The fourth-order valence-corrected chi connectivity index (χ4v) is 2.14. The van der Waals surface area contributed by atoms with Crippen LogP contribution in [0, 0.1) is 12.7 Å². The van der Waals surface area contributed by atoms with E-state index < -0.39 is 11.9 Å². The molecule has 0 aliphatic rings. The van der Waals surface area contributed by atoms with Gasteiger partial charge in [0.25, 0.3) is 5.91 Å². The van der Waals surface area contributed by atoms with Crippen LogP contribution >= 0.6 is 11.6 Å². The minimum Gasteiger partial charge on any atom is -0.319 e. The highest BCUT2D eigenvalue weighted by Crippen LogP contribution is 2.22. The number of carbonyl (C=O) groups excluding carboxylic acids is 1. The number of nitrogens with zero attached hydrogens (tertiary/aromatic N) is 1. The molecule has 1 aromatic heterocycles. The van der Waals surface area contributed by atoms with Gasteiger partial charge in [-0.15, -0.1) is 0 Å². The van der Waals surface area contributed by atoms with Crippen molar-refractivity contribution in [3.05, 3.63) is 59.1 Å². The lowest BCUT2D eigenvalue weighted by Gasteiger charge is -2.11. The van der Waals surface area contributed by atoms with E-state index in [1.807, 2.05) is 35.9 Å². The van der Waals surface area contributed by atoms with Crippen molar-refractivity contribution < 1.29 is 13.8 Å². The van der Waals surface area contributed by atoms with Crippen LogP contribution in [-0.4, -0.2) is 5.91 Å². The molecule has 1 aromatic carbocycles. The molecule has 0 bridgehead atoms. The van der Waals surface area contributed by atoms with Gasteiger partial charge in [-0.1, -0.05) is 17.7 Å². The first-order chi connectivity index (χ1) is 9.49. The van der Waals surface area contributed by atoms with E-state index in [0.717, 1.165) is 5.69 Å². The summed E-state index contributed by atoms with van der Waals surface area (Å²) in [6, 6.07) is 9.18. The van der Waals surface area contributed by atoms with E-state index in [1.54, 1.807) is 6.92 Å². The molecule has 0 saturated heterocycles. The maximum absolute atomic E-state index is 13.0. The zero-order valence-electron chi connectivity index (χ0n) is 11.2. The summed E-state index contributed by atoms with van der Waals surface area (Å²) in [5.41, 5.74) is 1.37. The number of nitrogens with one attached hydrogen (secondary N) is 1. The smallest absolute Gasteiger partial charge is 0.293 e. The average Bonchev–Trinajstić information content (AvgIpc) is 2.41. The second-order valence-corrected chi connectivity index (χ2v) is 4.95. The first-order valence-corrected chi connectivity index (χ1v) is 6.59. The van der Waals surface area contributed by atoms with E-state index in [-0.39, 0.29) is 10.9 Å². The fourth-order valence-electron chi connectivity index (χ4n) is 1.93. The van der Waals surface area contributed by atoms with Crippen molar-refractivity contribution in [3.8, 4) is 0 Å². The molecule has 0 unspecified atom stereocenters. The Morgan fingerprint density at radius 2 is 2.10 bits per heavy atom. The SMILES string of the molecule is Cc1cccc[n+]1[C@@H](C)C(=O)Nc1ccc(F)cc1Cl. The molecule has 1 N–H and O–H groups in total. The number of pyridine rings is 1. The van der Waals surface area contributed by atoms with Crippen molar-refractivity contribution in [1.82, 2.24) is 0 Å². The molecule has 1 amide bonds. The molecule has 0 radical (unpaired) electrons. The lowest BCUT2D eigenvalue weighted by Crippen LogP contribution is -2.46. The topological polar surface area (TPSA) is 33.0 Å². The molecule has 2 rings (SSSR count). The monoisotopic (exact) mass is 293 g/mol. The van der Waals surface area contributed by atoms with Gasteiger partial charge in [0.15, 0.2) is 11.9 Å². The van der Waals surface area contributed by atoms with Gasteiger partial charge in [-0.3, -0.25) is 4.79 Å². The number of benzene rings is 1. The summed E-state index contributed by atoms with van der Waals surface area (Å²) >= 11 is 5.89. The number of carbonyl (C=O) groups is 1. The summed E-state index contributed by atoms with van der Waals surface area (Å²) in [6.07, 6.45) is 1.84. The lowest BCUT2D eigenvalue weighted by atomic mass is 10.2. The number of aryl methyl sites for hydroxylation is 1. The minimum absolute atomic E-state index is 0.181. The van der Waals surface area contributed by atoms with Crippen molar-refractivity contribution in [2.24, 2.45) is 0 Å². The van der Waals surface area contributed by atoms with Gasteiger partial charge in [0.05, 0.1) is 10.7 Å². The van der Waals surface area contributed by atoms with Crippen LogP contribution in [-0.2, 0) is 4.79 Å². The maximum atomic E-state index is 13.0. The largest absolute Gasteiger partial charge is 0.319 e. The fraction of sp³-hybridized carbons (Fsp3) is 0.200. The van der Waals surface area contributed by atoms with Crippen LogP contribution in [0.2, 0.25) is 5.02 Å². The molecule has 0 fully saturated rings. The Balaban J connectivity index is 2.18. The third-order valence-corrected chi connectivity index (χ3v) is 3.40. The van der Waals surface area contributed by atoms with Gasteiger partial charge < -0.3 is 5.32 Å². The van der Waals surface area contributed by atoms with Crippen molar-refractivity contribution in [2.45, 2.75) is 19.9 Å². The van der Waals surface area contributed by atoms with Crippen molar-refractivity contribution in [2.75, 3.05) is 5.32 Å². The molecule has 20 heavy (non-hydrogen) atoms. The quantitative estimate of drug-likeness (QED) is 0.866. The van der Waals surface area contributed by atoms with E-state index >= 15 is 0 Å². The molecule has 5 heteroatoms. The molecule has 3 nitrogen and oxygen atoms in total. The van der Waals surface area contributed by atoms with E-state index in [1.165, 1.54) is 18.2 Å². The maximum Gasteiger partial charge on any atom is 0.293 e. The highest BCUT2D eigenvalue weighted by atomic mass is 35.5. The Kier molecular flexibility index (Phi) is 4.35. The van der Waals surface area contributed by atoms with Crippen LogP contribution in [0.4, 0.5) is 10.1 Å². The third kappa shape index (κ3) is 3.14. The van der Waals surface area contributed by atoms with Gasteiger partial charge in [-0.05, 0) is 18.2 Å². The molecule has 0 spiro atoms. The van der Waals surface area contributed by atoms with Crippen LogP contribution in [0.5, 0.6) is 0 Å². The van der Waals surface area contributed by atoms with Crippen LogP contribution < -0.4 is 9.88 Å². The molecular weight excluding hydrogens is 279 g/mol. The number of hydrogen-bond donors (Lipinski definition) is 1. The third-order valence-electron chi connectivity index (χ3n) is 3.09. The second kappa shape index (κ2) is 6.01. The first kappa shape index (κ1) is 14.5. The molecule has 0 aliphatic carbocycles. The summed E-state index contributed by atoms with van der Waals surface area (Å²) in [6.45, 7) is 3.72. The summed E-state index contributed by atoms with van der Waals surface area (Å²) in [5, 5.41) is 2.89. The Morgan fingerprint density at radius 3 is 2.75 bits per heavy atom. The first-order valence-electron chi connectivity index (χ1n) is 6.21. The van der Waals surface area contributed by atoms with Crippen LogP contribution in [0.15, 0.2) is 42.6 Å². The molecule has 2 aromatic rings. The molecule has 0 aliphatic heterocycles. The predicted molar refractivity (Wildman–Crippen MR) is 76.1 cm³/mol. The summed E-state index contributed by atoms with van der Waals surface area (Å²) in [7, 11) is 0. The predicted octanol–water partition coefficient (Wildman–Crippen LogP) is 3.27. The molecule has 104 valence electrons. The number of hydrogen-bond acceptors (Lipinski definition) is 1. The van der Waals surface area contributed by atoms with Gasteiger partial charge in [0.2, 0.25) is 6.04 Å². The second-order valence-electron chi connectivity index (χ2n) is 4.54. The minimum atomic E-state index is -0.436. The Bertz CT molecular complexity index is 646. The molecule has 1 atom stereocenters. The van der Waals surface area contributed by atoms with Crippen LogP contribution in [0.1, 0.15) is 18.7 Å². The zero-order chi connectivity index (χ0) is 14.7. The number of amides is 1. The normalized spacial score (nSPS) is 12.0. The van der Waals surface area contributed by atoms with Gasteiger partial charge in [0, 0.05) is 26.0 Å². The van der Waals surface area contributed by atoms with Gasteiger partial charge >= 0.3 is 0 Å². The van der Waals surface area contributed by atoms with E-state index in [4.69, 9.17) is 11.6 Å². The Labute approximate surface area is 122 Å². The van der Waals surface area contributed by atoms with Gasteiger partial charge in [-0.2, -0.15) is 4.57 Å². The average molecular weight is 294 g/mol. The van der Waals surface area contributed by atoms with Gasteiger partial charge in [-0.25, -0.2) is 4.39 Å². The summed E-state index contributed by atoms with van der Waals surface area (Å²) < 4.78 is 14.8. The molecular formula is C15H15ClFN2O+. The Morgan fingerprint density at radius 1 is 1.35 bits per heavy atom. The van der Waals surface area contributed by atoms with Crippen LogP contribution in [0.3, 0.4) is 0 Å². The molecule has 1 heterocycles. The summed E-state index contributed by atoms with van der Waals surface area (Å²) in [4.78, 5) is 12.2. The summed E-state index contributed by atoms with van der Waals surface area (Å²) in [5.74, 6) is -0.646. The van der Waals surface area contributed by atoms with Crippen molar-refractivity contribution in [3.63, 3.8) is 0 Å². The van der Waals surface area contributed by atoms with Gasteiger partial charge in [0.1, 0.15) is 5.82 Å². The Hall–Kier alpha value is -1.94. The molecule has 0 saturated carbocycles. The van der Waals surface area contributed by atoms with E-state index in [2.05, 4.69) is 5.32 Å². The highest BCUT2D eigenvalue weighted by Gasteiger charge is 2.24. The van der Waals surface area contributed by atoms with Crippen LogP contribution in [0.25, 0.3) is 0 Å². The lowest BCUT2D eigenvalue weighted by molar-refractivity contribution is -0.711. The zero-order valence-corrected chi connectivity index (χ0v) is 12.0. The standard InChI is InChI=1S/C15H14ClFN2O/c1-10-5-3-4-8-19(10)11(2)15(20)18-14-7-6-12(17)9-13(14)16/h3-9,11H,1-2H3/p+1/t11-/m0/s1. The van der Waals surface area contributed by atoms with E-state index in [0.29, 0.717) is 5.69 Å². The van der Waals surface area contributed by atoms with Crippen molar-refractivity contribution >= 4 is 23.2 Å².